The first-order valence-electron chi connectivity index (χ1n) is 9.30. The van der Waals surface area contributed by atoms with E-state index in [9.17, 15) is 14.4 Å². The van der Waals surface area contributed by atoms with E-state index in [1.807, 2.05) is 24.3 Å². The zero-order valence-corrected chi connectivity index (χ0v) is 14.9. The Hall–Kier alpha value is -2.96. The molecular weight excluding hydrogens is 346 g/mol. The SMILES string of the molecule is O=C(COC(=O)c1c2c(nc3ccccc13)CCCC2)NC(=O)NC1CC1. The molecule has 2 aliphatic carbocycles. The third-order valence-corrected chi connectivity index (χ3v) is 4.87. The molecule has 0 bridgehead atoms. The summed E-state index contributed by atoms with van der Waals surface area (Å²) in [6.07, 6.45) is 5.50. The first-order valence-corrected chi connectivity index (χ1v) is 9.30. The Kier molecular flexibility index (Phi) is 4.75. The van der Waals surface area contributed by atoms with E-state index in [0.29, 0.717) is 5.56 Å². The number of carbonyl (C=O) groups excluding carboxylic acids is 3. The maximum atomic E-state index is 12.8. The predicted molar refractivity (Wildman–Crippen MR) is 98.4 cm³/mol. The number of hydrogen-bond donors (Lipinski definition) is 2. The monoisotopic (exact) mass is 367 g/mol. The summed E-state index contributed by atoms with van der Waals surface area (Å²) in [5.74, 6) is -1.20. The third-order valence-electron chi connectivity index (χ3n) is 4.87. The van der Waals surface area contributed by atoms with Crippen LogP contribution in [0.3, 0.4) is 0 Å². The van der Waals surface area contributed by atoms with Crippen molar-refractivity contribution < 1.29 is 19.1 Å². The van der Waals surface area contributed by atoms with Gasteiger partial charge in [-0.2, -0.15) is 0 Å². The van der Waals surface area contributed by atoms with E-state index >= 15 is 0 Å². The van der Waals surface area contributed by atoms with E-state index < -0.39 is 24.5 Å². The zero-order valence-electron chi connectivity index (χ0n) is 14.9. The highest BCUT2D eigenvalue weighted by molar-refractivity contribution is 6.06. The van der Waals surface area contributed by atoms with Crippen LogP contribution in [0, 0.1) is 0 Å². The average Bonchev–Trinajstić information content (AvgIpc) is 3.47. The highest BCUT2D eigenvalue weighted by atomic mass is 16.5. The molecule has 27 heavy (non-hydrogen) atoms. The van der Waals surface area contributed by atoms with Crippen LogP contribution in [0.1, 0.15) is 47.3 Å². The van der Waals surface area contributed by atoms with Gasteiger partial charge in [-0.15, -0.1) is 0 Å². The van der Waals surface area contributed by atoms with Crippen LogP contribution in [0.4, 0.5) is 4.79 Å². The maximum absolute atomic E-state index is 12.8. The summed E-state index contributed by atoms with van der Waals surface area (Å²) in [6.45, 7) is -0.498. The van der Waals surface area contributed by atoms with Crippen molar-refractivity contribution in [3.8, 4) is 0 Å². The molecule has 7 heteroatoms. The van der Waals surface area contributed by atoms with Gasteiger partial charge in [0.1, 0.15) is 0 Å². The Morgan fingerprint density at radius 1 is 1.11 bits per heavy atom. The number of nitrogens with one attached hydrogen (secondary N) is 2. The highest BCUT2D eigenvalue weighted by Crippen LogP contribution is 2.29. The van der Waals surface area contributed by atoms with Gasteiger partial charge in [0.2, 0.25) is 0 Å². The van der Waals surface area contributed by atoms with Crippen molar-refractivity contribution in [3.05, 3.63) is 41.1 Å². The summed E-state index contributed by atoms with van der Waals surface area (Å²) >= 11 is 0. The first-order chi connectivity index (χ1) is 13.1. The zero-order chi connectivity index (χ0) is 18.8. The smallest absolute Gasteiger partial charge is 0.339 e. The number of amides is 3. The number of para-hydroxylation sites is 1. The van der Waals surface area contributed by atoms with Crippen molar-refractivity contribution in [2.45, 2.75) is 44.6 Å². The minimum atomic E-state index is -0.645. The minimum Gasteiger partial charge on any atom is -0.452 e. The number of nitrogens with zero attached hydrogens (tertiary/aromatic N) is 1. The molecule has 4 rings (SSSR count). The molecule has 1 aromatic heterocycles. The number of urea groups is 1. The molecule has 1 fully saturated rings. The van der Waals surface area contributed by atoms with Gasteiger partial charge in [-0.3, -0.25) is 15.1 Å². The van der Waals surface area contributed by atoms with Crippen LogP contribution in [0.25, 0.3) is 10.9 Å². The Bertz CT molecular complexity index is 921. The van der Waals surface area contributed by atoms with Crippen molar-refractivity contribution >= 4 is 28.8 Å². The second-order valence-corrected chi connectivity index (χ2v) is 7.01. The van der Waals surface area contributed by atoms with Gasteiger partial charge in [-0.1, -0.05) is 18.2 Å². The first kappa shape index (κ1) is 17.5. The largest absolute Gasteiger partial charge is 0.452 e. The summed E-state index contributed by atoms with van der Waals surface area (Å²) in [5, 5.41) is 5.56. The van der Waals surface area contributed by atoms with Gasteiger partial charge in [-0.25, -0.2) is 9.59 Å². The van der Waals surface area contributed by atoms with Crippen molar-refractivity contribution in [1.82, 2.24) is 15.6 Å². The summed E-state index contributed by atoms with van der Waals surface area (Å²) in [7, 11) is 0. The molecule has 1 saturated carbocycles. The summed E-state index contributed by atoms with van der Waals surface area (Å²) in [6, 6.07) is 7.05. The number of fused-ring (bicyclic) bond motifs is 2. The fraction of sp³-hybridized carbons (Fsp3) is 0.400. The van der Waals surface area contributed by atoms with E-state index in [1.165, 1.54) is 0 Å². The van der Waals surface area contributed by atoms with Crippen LogP contribution in [-0.4, -0.2) is 35.5 Å². The Morgan fingerprint density at radius 2 is 1.89 bits per heavy atom. The lowest BCUT2D eigenvalue weighted by Crippen LogP contribution is -2.42. The van der Waals surface area contributed by atoms with Crippen molar-refractivity contribution in [2.75, 3.05) is 6.61 Å². The molecule has 2 aromatic rings. The molecule has 7 nitrogen and oxygen atoms in total. The number of aromatic nitrogens is 1. The highest BCUT2D eigenvalue weighted by Gasteiger charge is 2.26. The quantitative estimate of drug-likeness (QED) is 0.808. The van der Waals surface area contributed by atoms with Gasteiger partial charge in [-0.05, 0) is 50.2 Å². The molecule has 2 N–H and O–H groups in total. The number of aryl methyl sites for hydroxylation is 1. The van der Waals surface area contributed by atoms with Gasteiger partial charge < -0.3 is 10.1 Å². The van der Waals surface area contributed by atoms with Gasteiger partial charge in [0.25, 0.3) is 5.91 Å². The van der Waals surface area contributed by atoms with Gasteiger partial charge >= 0.3 is 12.0 Å². The van der Waals surface area contributed by atoms with Crippen molar-refractivity contribution in [1.29, 1.82) is 0 Å². The predicted octanol–water partition coefficient (Wildman–Crippen LogP) is 2.26. The van der Waals surface area contributed by atoms with Crippen LogP contribution in [-0.2, 0) is 22.4 Å². The van der Waals surface area contributed by atoms with E-state index in [-0.39, 0.29) is 6.04 Å². The van der Waals surface area contributed by atoms with Crippen LogP contribution < -0.4 is 10.6 Å². The van der Waals surface area contributed by atoms with E-state index in [0.717, 1.165) is 60.7 Å². The lowest BCUT2D eigenvalue weighted by Gasteiger charge is -2.19. The van der Waals surface area contributed by atoms with Gasteiger partial charge in [0.15, 0.2) is 6.61 Å². The minimum absolute atomic E-state index is 0.148. The molecule has 0 unspecified atom stereocenters. The van der Waals surface area contributed by atoms with Crippen LogP contribution in [0.2, 0.25) is 0 Å². The van der Waals surface area contributed by atoms with Crippen molar-refractivity contribution in [3.63, 3.8) is 0 Å². The van der Waals surface area contributed by atoms with E-state index in [2.05, 4.69) is 15.6 Å². The molecule has 0 radical (unpaired) electrons. The molecule has 3 amide bonds. The number of pyridine rings is 1. The number of benzene rings is 1. The number of imide groups is 1. The second-order valence-electron chi connectivity index (χ2n) is 7.01. The fourth-order valence-electron chi connectivity index (χ4n) is 3.42. The number of carbonyl (C=O) groups is 3. The molecule has 1 aromatic carbocycles. The molecule has 0 atom stereocenters. The summed E-state index contributed by atoms with van der Waals surface area (Å²) < 4.78 is 5.23. The third kappa shape index (κ3) is 3.92. The Balaban J connectivity index is 1.50. The Morgan fingerprint density at radius 3 is 2.70 bits per heavy atom. The molecule has 0 spiro atoms. The second kappa shape index (κ2) is 7.34. The summed E-state index contributed by atoms with van der Waals surface area (Å²) in [5.41, 5.74) is 3.08. The van der Waals surface area contributed by atoms with Gasteiger partial charge in [0.05, 0.1) is 11.1 Å². The number of ether oxygens (including phenoxy) is 1. The molecule has 0 aliphatic heterocycles. The molecule has 2 aliphatic rings. The molecule has 0 saturated heterocycles. The lowest BCUT2D eigenvalue weighted by atomic mass is 9.90. The Labute approximate surface area is 156 Å². The van der Waals surface area contributed by atoms with Gasteiger partial charge in [0, 0.05) is 17.1 Å². The van der Waals surface area contributed by atoms with E-state index in [4.69, 9.17) is 4.74 Å². The fourth-order valence-corrected chi connectivity index (χ4v) is 3.42. The lowest BCUT2D eigenvalue weighted by molar-refractivity contribution is -0.123. The number of rotatable bonds is 4. The number of esters is 1. The average molecular weight is 367 g/mol. The molecule has 140 valence electrons. The standard InChI is InChI=1S/C20H21N3O4/c24-17(23-20(26)21-12-9-10-12)11-27-19(25)18-13-5-1-3-7-15(13)22-16-8-4-2-6-14(16)18/h1,3,5,7,12H,2,4,6,8-11H2,(H2,21,23,24,26). The van der Waals surface area contributed by atoms with Crippen LogP contribution in [0.15, 0.2) is 24.3 Å². The van der Waals surface area contributed by atoms with Crippen LogP contribution >= 0.6 is 0 Å². The molecule has 1 heterocycles. The normalized spacial score (nSPS) is 15.7. The van der Waals surface area contributed by atoms with Crippen LogP contribution in [0.5, 0.6) is 0 Å². The topological polar surface area (TPSA) is 97.4 Å². The van der Waals surface area contributed by atoms with Crippen molar-refractivity contribution in [2.24, 2.45) is 0 Å². The maximum Gasteiger partial charge on any atom is 0.339 e. The molecular formula is C20H21N3O4. The summed E-state index contributed by atoms with van der Waals surface area (Å²) in [4.78, 5) is 40.9. The van der Waals surface area contributed by atoms with E-state index in [1.54, 1.807) is 0 Å². The number of hydrogen-bond acceptors (Lipinski definition) is 5.